The van der Waals surface area contributed by atoms with E-state index in [0.29, 0.717) is 6.61 Å². The summed E-state index contributed by atoms with van der Waals surface area (Å²) in [7, 11) is 0. The van der Waals surface area contributed by atoms with Crippen LogP contribution in [0.25, 0.3) is 0 Å². The summed E-state index contributed by atoms with van der Waals surface area (Å²) < 4.78 is 49.0. The molecule has 0 radical (unpaired) electrons. The van der Waals surface area contributed by atoms with Crippen LogP contribution in [0, 0.1) is 0 Å². The minimum absolute atomic E-state index is 0. The first-order chi connectivity index (χ1) is 8.57. The van der Waals surface area contributed by atoms with Crippen LogP contribution >= 0.6 is 0 Å². The molecule has 0 N–H and O–H groups in total. The molecule has 0 aromatic heterocycles. The van der Waals surface area contributed by atoms with E-state index < -0.39 is 12.4 Å². The van der Waals surface area contributed by atoms with Gasteiger partial charge in [0.05, 0.1) is 11.9 Å². The summed E-state index contributed by atoms with van der Waals surface area (Å²) in [6.45, 7) is -4.19. The molecule has 1 unspecified atom stereocenters. The Kier molecular flexibility index (Phi) is 7.42. The molecular weight excluding hydrogens is 283 g/mol. The van der Waals surface area contributed by atoms with Crippen molar-refractivity contribution in [2.24, 2.45) is 0 Å². The molecule has 100 valence electrons. The summed E-state index contributed by atoms with van der Waals surface area (Å²) in [4.78, 5) is 0. The Morgan fingerprint density at radius 2 is 1.95 bits per heavy atom. The van der Waals surface area contributed by atoms with E-state index in [4.69, 9.17) is 9.47 Å². The quantitative estimate of drug-likeness (QED) is 0.710. The van der Waals surface area contributed by atoms with E-state index >= 15 is 0 Å². The number of hydrogen-bond acceptors (Lipinski definition) is 2. The Balaban J connectivity index is 0.00000180. The van der Waals surface area contributed by atoms with Crippen LogP contribution in [0.5, 0.6) is 5.75 Å². The summed E-state index contributed by atoms with van der Waals surface area (Å²) in [6.07, 6.45) is 2.81. The molecule has 0 bridgehead atoms. The normalized spacial score (nSPS) is 19.6. The van der Waals surface area contributed by atoms with Gasteiger partial charge in [-0.3, -0.25) is 0 Å². The molecule has 1 heterocycles. The average Bonchev–Trinajstić information content (AvgIpc) is 2.37. The van der Waals surface area contributed by atoms with Gasteiger partial charge in [0.1, 0.15) is 6.61 Å². The van der Waals surface area contributed by atoms with Crippen molar-refractivity contribution in [3.05, 3.63) is 24.3 Å². The number of para-hydroxylation sites is 1. The second-order valence-electron chi connectivity index (χ2n) is 4.41. The molecule has 19 heavy (non-hydrogen) atoms. The van der Waals surface area contributed by atoms with Gasteiger partial charge < -0.3 is 22.4 Å². The Hall–Kier alpha value is 0.471. The fraction of sp³-hybridized carbons (Fsp3) is 0.500. The molecule has 0 saturated carbocycles. The predicted molar refractivity (Wildman–Crippen MR) is 64.2 cm³/mol. The van der Waals surface area contributed by atoms with Gasteiger partial charge in [0, 0.05) is 6.61 Å². The van der Waals surface area contributed by atoms with E-state index in [0.717, 1.165) is 25.3 Å². The first kappa shape index (κ1) is 17.5. The third-order valence-corrected chi connectivity index (χ3v) is 2.97. The molecule has 0 amide bonds. The van der Waals surface area contributed by atoms with Gasteiger partial charge in [-0.15, -0.1) is 0 Å². The Labute approximate surface area is 153 Å². The zero-order valence-electron chi connectivity index (χ0n) is 11.0. The molecule has 2 nitrogen and oxygen atoms in total. The monoisotopic (exact) mass is 298 g/mol. The van der Waals surface area contributed by atoms with E-state index in [1.807, 2.05) is 0 Å². The smallest absolute Gasteiger partial charge is 0.494 e. The Morgan fingerprint density at radius 3 is 2.58 bits per heavy atom. The van der Waals surface area contributed by atoms with Gasteiger partial charge in [-0.2, -0.15) is 0 Å². The van der Waals surface area contributed by atoms with Crippen LogP contribution in [0.3, 0.4) is 0 Å². The van der Waals surface area contributed by atoms with Crippen LogP contribution in [-0.4, -0.2) is 26.3 Å². The molecule has 7 heteroatoms. The van der Waals surface area contributed by atoms with Crippen molar-refractivity contribution in [1.82, 2.24) is 0 Å². The fourth-order valence-electron chi connectivity index (χ4n) is 2.00. The van der Waals surface area contributed by atoms with Crippen LogP contribution in [-0.2, 0) is 4.74 Å². The summed E-state index contributed by atoms with van der Waals surface area (Å²) >= 11 is 0. The molecule has 1 aromatic carbocycles. The number of rotatable bonds is 4. The molecule has 1 aliphatic heterocycles. The van der Waals surface area contributed by atoms with Gasteiger partial charge in [0.25, 0.3) is 0 Å². The van der Waals surface area contributed by atoms with Crippen LogP contribution in [0.15, 0.2) is 24.3 Å². The second kappa shape index (κ2) is 8.05. The van der Waals surface area contributed by atoms with Gasteiger partial charge in [-0.25, -0.2) is 0 Å². The third-order valence-electron chi connectivity index (χ3n) is 2.97. The Bertz CT molecular complexity index is 395. The van der Waals surface area contributed by atoms with Crippen molar-refractivity contribution in [1.29, 1.82) is 0 Å². The molecule has 0 spiro atoms. The maximum atomic E-state index is 12.8. The van der Waals surface area contributed by atoms with Crippen molar-refractivity contribution in [3.63, 3.8) is 0 Å². The predicted octanol–water partition coefficient (Wildman–Crippen LogP) is -0.307. The van der Waals surface area contributed by atoms with Crippen LogP contribution in [0.1, 0.15) is 19.3 Å². The minimum Gasteiger partial charge on any atom is -0.494 e. The SMILES string of the molecule is F[B-](F)(F)c1ccccc1OCC1CCCCO1.[K+]. The number of halogens is 3. The van der Waals surface area contributed by atoms with E-state index in [1.54, 1.807) is 6.07 Å². The average molecular weight is 298 g/mol. The van der Waals surface area contributed by atoms with Gasteiger partial charge in [-0.05, 0) is 25.3 Å². The zero-order chi connectivity index (χ0) is 13.0. The van der Waals surface area contributed by atoms with Crippen molar-refractivity contribution in [2.45, 2.75) is 25.4 Å². The van der Waals surface area contributed by atoms with Gasteiger partial charge in [0.2, 0.25) is 0 Å². The molecule has 2 rings (SSSR count). The first-order valence-corrected chi connectivity index (χ1v) is 6.10. The van der Waals surface area contributed by atoms with E-state index in [2.05, 4.69) is 0 Å². The molecule has 1 atom stereocenters. The van der Waals surface area contributed by atoms with Crippen LogP contribution in [0.2, 0.25) is 0 Å². The molecule has 1 aliphatic rings. The van der Waals surface area contributed by atoms with E-state index in [9.17, 15) is 12.9 Å². The summed E-state index contributed by atoms with van der Waals surface area (Å²) in [6, 6.07) is 5.32. The topological polar surface area (TPSA) is 18.5 Å². The molecule has 0 aliphatic carbocycles. The standard InChI is InChI=1S/C12H15BF3O2.K/c14-13(15,16)11-6-1-2-7-12(11)18-9-10-5-3-4-8-17-10;/h1-2,6-7,10H,3-5,8-9H2;/q-1;+1. The third kappa shape index (κ3) is 5.40. The summed E-state index contributed by atoms with van der Waals surface area (Å²) in [5.74, 6) is -0.0980. The van der Waals surface area contributed by atoms with Gasteiger partial charge >= 0.3 is 58.4 Å². The Morgan fingerprint density at radius 1 is 1.21 bits per heavy atom. The maximum absolute atomic E-state index is 12.8. The van der Waals surface area contributed by atoms with Crippen molar-refractivity contribution in [2.75, 3.05) is 13.2 Å². The first-order valence-electron chi connectivity index (χ1n) is 6.10. The largest absolute Gasteiger partial charge is 1.00 e. The molecule has 1 fully saturated rings. The fourth-order valence-corrected chi connectivity index (χ4v) is 2.00. The number of hydrogen-bond donors (Lipinski definition) is 0. The second-order valence-corrected chi connectivity index (χ2v) is 4.41. The number of ether oxygens (including phenoxy) is 2. The van der Waals surface area contributed by atoms with Crippen LogP contribution < -0.4 is 61.6 Å². The van der Waals surface area contributed by atoms with E-state index in [-0.39, 0.29) is 69.8 Å². The minimum atomic E-state index is -5.04. The van der Waals surface area contributed by atoms with Gasteiger partial charge in [0.15, 0.2) is 0 Å². The summed E-state index contributed by atoms with van der Waals surface area (Å²) in [5.41, 5.74) is -0.673. The molecule has 1 saturated heterocycles. The van der Waals surface area contributed by atoms with Crippen molar-refractivity contribution in [3.8, 4) is 5.75 Å². The maximum Gasteiger partial charge on any atom is 1.00 e. The van der Waals surface area contributed by atoms with Crippen molar-refractivity contribution < 1.29 is 73.8 Å². The molecular formula is C12H15BF3KO2. The molecule has 1 aromatic rings. The van der Waals surface area contributed by atoms with E-state index in [1.165, 1.54) is 12.1 Å². The summed E-state index contributed by atoms with van der Waals surface area (Å²) in [5, 5.41) is 0. The van der Waals surface area contributed by atoms with Gasteiger partial charge in [-0.1, -0.05) is 23.7 Å². The van der Waals surface area contributed by atoms with Crippen LogP contribution in [0.4, 0.5) is 12.9 Å². The number of benzene rings is 1. The van der Waals surface area contributed by atoms with Crippen molar-refractivity contribution >= 4 is 12.4 Å². The zero-order valence-corrected chi connectivity index (χ0v) is 14.1.